The molecule has 0 unspecified atom stereocenters. The highest BCUT2D eigenvalue weighted by Crippen LogP contribution is 2.37. The van der Waals surface area contributed by atoms with E-state index in [0.717, 1.165) is 82.5 Å². The standard InChI is InChI=1S/C36H37N3O6/c1-24-14-15-26(34(40)37-16-17-39-18-21-43-22-19-39)23-31(24)29-11-5-10-28-30(35(38-33(28)29)45-36(41)42)12-6-20-44-32-13-4-8-25-7-2-3-9-27(25)32/h2-5,7-11,13-15,23,38H,6,12,16-22H2,1H3,(H,37,40)(H,41,42). The number of hydrogen-bond donors (Lipinski definition) is 3. The molecule has 4 aromatic carbocycles. The van der Waals surface area contributed by atoms with Gasteiger partial charge in [0.2, 0.25) is 5.88 Å². The Morgan fingerprint density at radius 3 is 2.58 bits per heavy atom. The van der Waals surface area contributed by atoms with Gasteiger partial charge in [-0.1, -0.05) is 60.7 Å². The molecule has 0 atom stereocenters. The Kier molecular flexibility index (Phi) is 9.28. The number of nitrogens with zero attached hydrogens (tertiary/aromatic N) is 1. The van der Waals surface area contributed by atoms with E-state index in [1.165, 1.54) is 0 Å². The van der Waals surface area contributed by atoms with Crippen LogP contribution in [0.15, 0.2) is 78.9 Å². The molecule has 1 aliphatic rings. The van der Waals surface area contributed by atoms with Gasteiger partial charge in [-0.2, -0.15) is 0 Å². The molecule has 0 radical (unpaired) electrons. The maximum atomic E-state index is 13.1. The Labute approximate surface area is 261 Å². The van der Waals surface area contributed by atoms with Crippen LogP contribution in [0.4, 0.5) is 4.79 Å². The van der Waals surface area contributed by atoms with Crippen molar-refractivity contribution in [2.75, 3.05) is 46.0 Å². The number of rotatable bonds is 11. The minimum Gasteiger partial charge on any atom is -0.493 e. The topological polar surface area (TPSA) is 113 Å². The quantitative estimate of drug-likeness (QED) is 0.117. The number of ether oxygens (including phenoxy) is 3. The molecule has 1 aliphatic heterocycles. The van der Waals surface area contributed by atoms with E-state index in [0.29, 0.717) is 31.6 Å². The number of carbonyl (C=O) groups excluding carboxylic acids is 1. The molecule has 0 aliphatic carbocycles. The molecule has 1 saturated heterocycles. The van der Waals surface area contributed by atoms with Crippen molar-refractivity contribution in [1.82, 2.24) is 15.2 Å². The number of carboxylic acid groups (broad SMARTS) is 1. The van der Waals surface area contributed by atoms with Crippen LogP contribution in [0, 0.1) is 6.92 Å². The van der Waals surface area contributed by atoms with E-state index >= 15 is 0 Å². The van der Waals surface area contributed by atoms with E-state index in [-0.39, 0.29) is 11.8 Å². The van der Waals surface area contributed by atoms with Gasteiger partial charge < -0.3 is 29.6 Å². The van der Waals surface area contributed by atoms with E-state index in [1.54, 1.807) is 0 Å². The zero-order valence-electron chi connectivity index (χ0n) is 25.3. The number of benzene rings is 4. The molecule has 6 rings (SSSR count). The predicted molar refractivity (Wildman–Crippen MR) is 174 cm³/mol. The van der Waals surface area contributed by atoms with E-state index in [9.17, 15) is 14.7 Å². The lowest BCUT2D eigenvalue weighted by atomic mass is 9.95. The average molecular weight is 608 g/mol. The summed E-state index contributed by atoms with van der Waals surface area (Å²) < 4.78 is 16.8. The van der Waals surface area contributed by atoms with Crippen LogP contribution in [0.1, 0.15) is 27.9 Å². The van der Waals surface area contributed by atoms with Crippen LogP contribution in [0.3, 0.4) is 0 Å². The lowest BCUT2D eigenvalue weighted by molar-refractivity contribution is 0.0383. The van der Waals surface area contributed by atoms with Gasteiger partial charge in [-0.15, -0.1) is 0 Å². The highest BCUT2D eigenvalue weighted by atomic mass is 16.7. The Morgan fingerprint density at radius 1 is 0.956 bits per heavy atom. The summed E-state index contributed by atoms with van der Waals surface area (Å²) in [6.07, 6.45) is -0.194. The van der Waals surface area contributed by atoms with Crippen molar-refractivity contribution in [1.29, 1.82) is 0 Å². The highest BCUT2D eigenvalue weighted by molar-refractivity contribution is 6.01. The third-order valence-corrected chi connectivity index (χ3v) is 8.28. The molecule has 0 spiro atoms. The van der Waals surface area contributed by atoms with Crippen molar-refractivity contribution in [3.63, 3.8) is 0 Å². The zero-order chi connectivity index (χ0) is 31.2. The van der Waals surface area contributed by atoms with Crippen LogP contribution in [0.2, 0.25) is 0 Å². The van der Waals surface area contributed by atoms with Crippen LogP contribution >= 0.6 is 0 Å². The number of aromatic nitrogens is 1. The van der Waals surface area contributed by atoms with E-state index in [4.69, 9.17) is 14.2 Å². The summed E-state index contributed by atoms with van der Waals surface area (Å²) in [6.45, 7) is 6.97. The van der Waals surface area contributed by atoms with E-state index < -0.39 is 6.16 Å². The van der Waals surface area contributed by atoms with Crippen LogP contribution < -0.4 is 14.8 Å². The summed E-state index contributed by atoms with van der Waals surface area (Å²) >= 11 is 0. The third kappa shape index (κ3) is 6.95. The molecule has 9 nitrogen and oxygen atoms in total. The number of para-hydroxylation sites is 1. The fraction of sp³-hybridized carbons (Fsp3) is 0.278. The number of morpholine rings is 1. The second-order valence-corrected chi connectivity index (χ2v) is 11.2. The number of nitrogens with one attached hydrogen (secondary N) is 2. The highest BCUT2D eigenvalue weighted by Gasteiger charge is 2.20. The Balaban J connectivity index is 1.21. The van der Waals surface area contributed by atoms with Crippen molar-refractivity contribution < 1.29 is 28.9 Å². The molecule has 232 valence electrons. The fourth-order valence-corrected chi connectivity index (χ4v) is 5.96. The molecule has 45 heavy (non-hydrogen) atoms. The lowest BCUT2D eigenvalue weighted by Crippen LogP contribution is -2.41. The molecule has 0 bridgehead atoms. The summed E-state index contributed by atoms with van der Waals surface area (Å²) in [5.74, 6) is 0.881. The van der Waals surface area contributed by atoms with Crippen LogP contribution in [-0.4, -0.2) is 73.1 Å². The summed E-state index contributed by atoms with van der Waals surface area (Å²) in [4.78, 5) is 30.2. The number of fused-ring (bicyclic) bond motifs is 2. The Hall–Kier alpha value is -4.86. The number of H-pyrrole nitrogens is 1. The van der Waals surface area contributed by atoms with Gasteiger partial charge in [-0.05, 0) is 54.5 Å². The van der Waals surface area contributed by atoms with Gasteiger partial charge in [-0.3, -0.25) is 9.69 Å². The van der Waals surface area contributed by atoms with Crippen molar-refractivity contribution in [2.24, 2.45) is 0 Å². The predicted octanol–water partition coefficient (Wildman–Crippen LogP) is 6.43. The number of hydrogen-bond acceptors (Lipinski definition) is 6. The van der Waals surface area contributed by atoms with Gasteiger partial charge in [-0.25, -0.2) is 4.79 Å². The fourth-order valence-electron chi connectivity index (χ4n) is 5.96. The van der Waals surface area contributed by atoms with Gasteiger partial charge in [0.1, 0.15) is 5.75 Å². The van der Waals surface area contributed by atoms with Gasteiger partial charge in [0, 0.05) is 53.6 Å². The molecule has 2 heterocycles. The van der Waals surface area contributed by atoms with Crippen molar-refractivity contribution in [2.45, 2.75) is 19.8 Å². The van der Waals surface area contributed by atoms with Crippen molar-refractivity contribution in [3.05, 3.63) is 95.6 Å². The summed E-state index contributed by atoms with van der Waals surface area (Å²) in [5, 5.41) is 15.6. The van der Waals surface area contributed by atoms with Gasteiger partial charge in [0.15, 0.2) is 0 Å². The second kappa shape index (κ2) is 13.8. The lowest BCUT2D eigenvalue weighted by Gasteiger charge is -2.26. The first-order valence-electron chi connectivity index (χ1n) is 15.3. The molecule has 3 N–H and O–H groups in total. The van der Waals surface area contributed by atoms with E-state index in [1.807, 2.05) is 73.7 Å². The monoisotopic (exact) mass is 607 g/mol. The smallest absolute Gasteiger partial charge is 0.493 e. The molecule has 9 heteroatoms. The first kappa shape index (κ1) is 30.2. The van der Waals surface area contributed by atoms with E-state index in [2.05, 4.69) is 27.3 Å². The molecular formula is C36H37N3O6. The third-order valence-electron chi connectivity index (χ3n) is 8.28. The molecular weight excluding hydrogens is 570 g/mol. The first-order chi connectivity index (χ1) is 22.0. The maximum Gasteiger partial charge on any atom is 0.512 e. The Morgan fingerprint density at radius 2 is 1.73 bits per heavy atom. The SMILES string of the molecule is Cc1ccc(C(=O)NCCN2CCOCC2)cc1-c1cccc2c(CCCOc3cccc4ccccc34)c(OC(=O)O)[nH]c12. The van der Waals surface area contributed by atoms with Gasteiger partial charge in [0.05, 0.1) is 25.3 Å². The molecule has 1 aromatic heterocycles. The minimum absolute atomic E-state index is 0.134. The minimum atomic E-state index is -1.39. The normalized spacial score (nSPS) is 13.6. The van der Waals surface area contributed by atoms with Crippen LogP contribution in [0.25, 0.3) is 32.8 Å². The number of aromatic amines is 1. The largest absolute Gasteiger partial charge is 0.512 e. The second-order valence-electron chi connectivity index (χ2n) is 11.2. The molecule has 5 aromatic rings. The summed E-state index contributed by atoms with van der Waals surface area (Å²) in [6, 6.07) is 25.6. The Bertz CT molecular complexity index is 1820. The van der Waals surface area contributed by atoms with Crippen molar-refractivity contribution >= 4 is 33.7 Å². The van der Waals surface area contributed by atoms with Gasteiger partial charge >= 0.3 is 6.16 Å². The first-order valence-corrected chi connectivity index (χ1v) is 15.3. The molecule has 1 fully saturated rings. The zero-order valence-corrected chi connectivity index (χ0v) is 25.3. The number of amides is 1. The summed E-state index contributed by atoms with van der Waals surface area (Å²) in [7, 11) is 0. The van der Waals surface area contributed by atoms with Crippen molar-refractivity contribution in [3.8, 4) is 22.8 Å². The molecule has 0 saturated carbocycles. The average Bonchev–Trinajstić information content (AvgIpc) is 3.40. The number of carbonyl (C=O) groups is 2. The number of aryl methyl sites for hydroxylation is 2. The van der Waals surface area contributed by atoms with Crippen LogP contribution in [0.5, 0.6) is 11.6 Å². The van der Waals surface area contributed by atoms with Crippen LogP contribution in [-0.2, 0) is 11.2 Å². The maximum absolute atomic E-state index is 13.1. The summed E-state index contributed by atoms with van der Waals surface area (Å²) in [5.41, 5.74) is 4.83. The van der Waals surface area contributed by atoms with Gasteiger partial charge in [0.25, 0.3) is 5.91 Å². The molecule has 1 amide bonds.